The Labute approximate surface area is 155 Å². The number of carbonyl (C=O) groups is 1. The predicted molar refractivity (Wildman–Crippen MR) is 97.8 cm³/mol. The minimum Gasteiger partial charge on any atom is -0.348 e. The first-order chi connectivity index (χ1) is 12.1. The van der Waals surface area contributed by atoms with Gasteiger partial charge in [-0.25, -0.2) is 0 Å². The molecule has 1 N–H and O–H groups in total. The maximum atomic E-state index is 12.1. The molecule has 0 spiro atoms. The normalized spacial score (nSPS) is 16.1. The van der Waals surface area contributed by atoms with Crippen molar-refractivity contribution < 1.29 is 9.32 Å². The maximum Gasteiger partial charge on any atom is 0.258 e. The SMILES string of the molecule is CCN1CCN(CC(=O)NCc2noc(-c3cccc(Br)c3)n2)CC1. The van der Waals surface area contributed by atoms with Crippen molar-refractivity contribution >= 4 is 21.8 Å². The quantitative estimate of drug-likeness (QED) is 0.785. The zero-order valence-electron chi connectivity index (χ0n) is 14.2. The van der Waals surface area contributed by atoms with Gasteiger partial charge < -0.3 is 14.7 Å². The first kappa shape index (κ1) is 18.0. The van der Waals surface area contributed by atoms with Crippen LogP contribution in [0.2, 0.25) is 0 Å². The first-order valence-electron chi connectivity index (χ1n) is 8.44. The molecule has 1 aliphatic heterocycles. The van der Waals surface area contributed by atoms with Gasteiger partial charge in [0.05, 0.1) is 13.1 Å². The lowest BCUT2D eigenvalue weighted by Gasteiger charge is -2.33. The number of nitrogens with one attached hydrogen (secondary N) is 1. The number of hydrogen-bond donors (Lipinski definition) is 1. The number of carbonyl (C=O) groups excluding carboxylic acids is 1. The first-order valence-corrected chi connectivity index (χ1v) is 9.23. The molecule has 7 nitrogen and oxygen atoms in total. The molecule has 2 heterocycles. The summed E-state index contributed by atoms with van der Waals surface area (Å²) in [7, 11) is 0. The minimum absolute atomic E-state index is 0.0150. The number of rotatable bonds is 6. The molecule has 1 aromatic heterocycles. The average molecular weight is 408 g/mol. The van der Waals surface area contributed by atoms with Gasteiger partial charge in [0.2, 0.25) is 5.91 Å². The number of amides is 1. The van der Waals surface area contributed by atoms with Gasteiger partial charge >= 0.3 is 0 Å². The molecular formula is C17H22BrN5O2. The fourth-order valence-electron chi connectivity index (χ4n) is 2.76. The molecule has 3 rings (SSSR count). The van der Waals surface area contributed by atoms with Gasteiger partial charge in [0.25, 0.3) is 5.89 Å². The molecule has 0 saturated carbocycles. The van der Waals surface area contributed by atoms with E-state index in [4.69, 9.17) is 4.52 Å². The van der Waals surface area contributed by atoms with E-state index in [1.165, 1.54) is 0 Å². The largest absolute Gasteiger partial charge is 0.348 e. The molecule has 0 unspecified atom stereocenters. The minimum atomic E-state index is -0.0150. The Morgan fingerprint density at radius 2 is 2.04 bits per heavy atom. The fourth-order valence-corrected chi connectivity index (χ4v) is 3.16. The molecule has 0 atom stereocenters. The Morgan fingerprint density at radius 3 is 2.76 bits per heavy atom. The van der Waals surface area contributed by atoms with Crippen LogP contribution in [0.1, 0.15) is 12.7 Å². The highest BCUT2D eigenvalue weighted by Gasteiger charge is 2.18. The van der Waals surface area contributed by atoms with Gasteiger partial charge in [-0.3, -0.25) is 9.69 Å². The van der Waals surface area contributed by atoms with Crippen molar-refractivity contribution in [2.75, 3.05) is 39.3 Å². The van der Waals surface area contributed by atoms with E-state index < -0.39 is 0 Å². The van der Waals surface area contributed by atoms with Crippen molar-refractivity contribution in [3.05, 3.63) is 34.6 Å². The second kappa shape index (κ2) is 8.55. The van der Waals surface area contributed by atoms with Gasteiger partial charge in [0, 0.05) is 36.2 Å². The van der Waals surface area contributed by atoms with Crippen LogP contribution in [0.5, 0.6) is 0 Å². The smallest absolute Gasteiger partial charge is 0.258 e. The van der Waals surface area contributed by atoms with Crippen LogP contribution in [0.15, 0.2) is 33.3 Å². The summed E-state index contributed by atoms with van der Waals surface area (Å²) >= 11 is 3.42. The van der Waals surface area contributed by atoms with E-state index in [2.05, 4.69) is 48.1 Å². The molecule has 0 aliphatic carbocycles. The lowest BCUT2D eigenvalue weighted by atomic mass is 10.2. The highest BCUT2D eigenvalue weighted by atomic mass is 79.9. The Kier molecular flexibility index (Phi) is 6.17. The lowest BCUT2D eigenvalue weighted by Crippen LogP contribution is -2.49. The highest BCUT2D eigenvalue weighted by Crippen LogP contribution is 2.21. The second-order valence-corrected chi connectivity index (χ2v) is 6.93. The molecule has 134 valence electrons. The highest BCUT2D eigenvalue weighted by molar-refractivity contribution is 9.10. The summed E-state index contributed by atoms with van der Waals surface area (Å²) in [4.78, 5) is 21.0. The van der Waals surface area contributed by atoms with E-state index in [0.717, 1.165) is 42.8 Å². The van der Waals surface area contributed by atoms with Crippen molar-refractivity contribution in [3.63, 3.8) is 0 Å². The van der Waals surface area contributed by atoms with Crippen molar-refractivity contribution in [2.45, 2.75) is 13.5 Å². The van der Waals surface area contributed by atoms with Crippen LogP contribution in [-0.4, -0.2) is 65.1 Å². The van der Waals surface area contributed by atoms with Gasteiger partial charge in [-0.05, 0) is 24.7 Å². The number of likely N-dealkylation sites (N-methyl/N-ethyl adjacent to an activating group) is 1. The van der Waals surface area contributed by atoms with E-state index in [1.807, 2.05) is 24.3 Å². The molecule has 0 bridgehead atoms. The average Bonchev–Trinajstić information content (AvgIpc) is 3.10. The van der Waals surface area contributed by atoms with E-state index >= 15 is 0 Å². The maximum absolute atomic E-state index is 12.1. The number of halogens is 1. The van der Waals surface area contributed by atoms with Crippen molar-refractivity contribution in [1.82, 2.24) is 25.3 Å². The molecule has 0 radical (unpaired) electrons. The Hall–Kier alpha value is -1.77. The summed E-state index contributed by atoms with van der Waals surface area (Å²) in [6.45, 7) is 7.80. The lowest BCUT2D eigenvalue weighted by molar-refractivity contribution is -0.122. The number of benzene rings is 1. The molecule has 1 fully saturated rings. The molecule has 1 aromatic carbocycles. The second-order valence-electron chi connectivity index (χ2n) is 6.01. The predicted octanol–water partition coefficient (Wildman–Crippen LogP) is 1.75. The van der Waals surface area contributed by atoms with Crippen LogP contribution >= 0.6 is 15.9 Å². The summed E-state index contributed by atoms with van der Waals surface area (Å²) in [5, 5.41) is 6.78. The molecule has 8 heteroatoms. The number of aromatic nitrogens is 2. The van der Waals surface area contributed by atoms with Gasteiger partial charge in [-0.15, -0.1) is 0 Å². The monoisotopic (exact) mass is 407 g/mol. The number of nitrogens with zero attached hydrogens (tertiary/aromatic N) is 4. The van der Waals surface area contributed by atoms with Crippen LogP contribution in [0.3, 0.4) is 0 Å². The zero-order chi connectivity index (χ0) is 17.6. The third kappa shape index (κ3) is 5.10. The molecule has 25 heavy (non-hydrogen) atoms. The van der Waals surface area contributed by atoms with Gasteiger partial charge in [0.15, 0.2) is 5.82 Å². The van der Waals surface area contributed by atoms with Gasteiger partial charge in [0.1, 0.15) is 0 Å². The Morgan fingerprint density at radius 1 is 1.28 bits per heavy atom. The van der Waals surface area contributed by atoms with Crippen LogP contribution in [0.25, 0.3) is 11.5 Å². The Balaban J connectivity index is 1.47. The van der Waals surface area contributed by atoms with Crippen LogP contribution < -0.4 is 5.32 Å². The van der Waals surface area contributed by atoms with Gasteiger partial charge in [-0.2, -0.15) is 4.98 Å². The van der Waals surface area contributed by atoms with Crippen LogP contribution in [-0.2, 0) is 11.3 Å². The van der Waals surface area contributed by atoms with E-state index in [0.29, 0.717) is 18.3 Å². The number of hydrogen-bond acceptors (Lipinski definition) is 6. The van der Waals surface area contributed by atoms with Crippen LogP contribution in [0.4, 0.5) is 0 Å². The molecule has 1 aliphatic rings. The van der Waals surface area contributed by atoms with Crippen molar-refractivity contribution in [2.24, 2.45) is 0 Å². The summed E-state index contributed by atoms with van der Waals surface area (Å²) in [6, 6.07) is 7.65. The number of piperazine rings is 1. The van der Waals surface area contributed by atoms with Crippen LogP contribution in [0, 0.1) is 0 Å². The zero-order valence-corrected chi connectivity index (χ0v) is 15.8. The molecule has 2 aromatic rings. The van der Waals surface area contributed by atoms with E-state index in [9.17, 15) is 4.79 Å². The third-order valence-electron chi connectivity index (χ3n) is 4.26. The van der Waals surface area contributed by atoms with Gasteiger partial charge in [-0.1, -0.05) is 34.1 Å². The third-order valence-corrected chi connectivity index (χ3v) is 4.76. The molecule has 1 saturated heterocycles. The molecule has 1 amide bonds. The summed E-state index contributed by atoms with van der Waals surface area (Å²) in [6.07, 6.45) is 0. The standard InChI is InChI=1S/C17H22BrN5O2/c1-2-22-6-8-23(9-7-22)12-16(24)19-11-15-20-17(25-21-15)13-4-3-5-14(18)10-13/h3-5,10H,2,6-9,11-12H2,1H3,(H,19,24). The fraction of sp³-hybridized carbons (Fsp3) is 0.471. The molecular weight excluding hydrogens is 386 g/mol. The van der Waals surface area contributed by atoms with E-state index in [1.54, 1.807) is 0 Å². The van der Waals surface area contributed by atoms with Crippen molar-refractivity contribution in [3.8, 4) is 11.5 Å². The Bertz CT molecular complexity index is 713. The summed E-state index contributed by atoms with van der Waals surface area (Å²) < 4.78 is 6.21. The topological polar surface area (TPSA) is 74.5 Å². The summed E-state index contributed by atoms with van der Waals surface area (Å²) in [5.74, 6) is 0.902. The van der Waals surface area contributed by atoms with Crippen molar-refractivity contribution in [1.29, 1.82) is 0 Å². The summed E-state index contributed by atoms with van der Waals surface area (Å²) in [5.41, 5.74) is 0.841. The van der Waals surface area contributed by atoms with E-state index in [-0.39, 0.29) is 12.5 Å².